The Bertz CT molecular complexity index is 637. The van der Waals surface area contributed by atoms with Crippen LogP contribution in [-0.4, -0.2) is 75.0 Å². The Morgan fingerprint density at radius 1 is 1.10 bits per heavy atom. The van der Waals surface area contributed by atoms with Gasteiger partial charge in [0.05, 0.1) is 6.54 Å². The zero-order valence-corrected chi connectivity index (χ0v) is 20.0. The van der Waals surface area contributed by atoms with Crippen LogP contribution < -0.4 is 15.4 Å². The molecular weight excluding hydrogens is 510 g/mol. The molecule has 0 amide bonds. The highest BCUT2D eigenvalue weighted by Crippen LogP contribution is 2.26. The van der Waals surface area contributed by atoms with Gasteiger partial charge in [-0.15, -0.1) is 37.1 Å². The van der Waals surface area contributed by atoms with Gasteiger partial charge in [-0.2, -0.15) is 0 Å². The van der Waals surface area contributed by atoms with E-state index in [2.05, 4.69) is 37.2 Å². The monoisotopic (exact) mass is 543 g/mol. The van der Waals surface area contributed by atoms with E-state index in [1.807, 2.05) is 6.92 Å². The second-order valence-electron chi connectivity index (χ2n) is 7.13. The number of hydrogen-bond donors (Lipinski definition) is 2. The molecule has 2 N–H and O–H groups in total. The number of nitrogens with zero attached hydrogens (tertiary/aromatic N) is 3. The number of para-hydroxylation sites is 1. The van der Waals surface area contributed by atoms with Crippen LogP contribution in [0, 0.1) is 0 Å². The van der Waals surface area contributed by atoms with Crippen molar-refractivity contribution in [3.8, 4) is 5.75 Å². The van der Waals surface area contributed by atoms with Gasteiger partial charge in [0.25, 0.3) is 0 Å². The number of aliphatic imine (C=N–C) groups is 1. The Hall–Kier alpha value is -1.27. The molecule has 1 saturated heterocycles. The Labute approximate surface area is 194 Å². The fourth-order valence-electron chi connectivity index (χ4n) is 3.10. The largest absolute Gasteiger partial charge is 0.573 e. The third-order valence-corrected chi connectivity index (χ3v) is 4.74. The van der Waals surface area contributed by atoms with Gasteiger partial charge in [-0.05, 0) is 39.4 Å². The summed E-state index contributed by atoms with van der Waals surface area (Å²) < 4.78 is 41.7. The molecule has 0 bridgehead atoms. The molecule has 0 unspecified atom stereocenters. The van der Waals surface area contributed by atoms with E-state index in [1.54, 1.807) is 12.1 Å². The quantitative estimate of drug-likeness (QED) is 0.217. The molecule has 1 heterocycles. The highest BCUT2D eigenvalue weighted by Gasteiger charge is 2.31. The molecule has 1 aromatic rings. The van der Waals surface area contributed by atoms with Gasteiger partial charge in [-0.1, -0.05) is 18.2 Å². The summed E-state index contributed by atoms with van der Waals surface area (Å²) in [5, 5.41) is 6.38. The van der Waals surface area contributed by atoms with Gasteiger partial charge in [-0.3, -0.25) is 0 Å². The fourth-order valence-corrected chi connectivity index (χ4v) is 3.10. The van der Waals surface area contributed by atoms with Crippen molar-refractivity contribution in [2.24, 2.45) is 4.99 Å². The summed E-state index contributed by atoms with van der Waals surface area (Å²) in [5.41, 5.74) is 0.386. The van der Waals surface area contributed by atoms with E-state index in [0.717, 1.165) is 52.1 Å². The van der Waals surface area contributed by atoms with Gasteiger partial charge in [-0.25, -0.2) is 4.99 Å². The van der Waals surface area contributed by atoms with Gasteiger partial charge in [0.2, 0.25) is 0 Å². The van der Waals surface area contributed by atoms with E-state index in [9.17, 15) is 13.2 Å². The lowest BCUT2D eigenvalue weighted by Crippen LogP contribution is -2.44. The van der Waals surface area contributed by atoms with Crippen molar-refractivity contribution in [3.63, 3.8) is 0 Å². The molecule has 1 aliphatic rings. The highest BCUT2D eigenvalue weighted by atomic mass is 127. The summed E-state index contributed by atoms with van der Waals surface area (Å²) in [6, 6.07) is 6.08. The highest BCUT2D eigenvalue weighted by molar-refractivity contribution is 14.0. The second-order valence-corrected chi connectivity index (χ2v) is 7.13. The molecule has 10 heteroatoms. The van der Waals surface area contributed by atoms with Gasteiger partial charge in [0.1, 0.15) is 5.75 Å². The van der Waals surface area contributed by atoms with Crippen LogP contribution in [0.4, 0.5) is 13.2 Å². The lowest BCUT2D eigenvalue weighted by molar-refractivity contribution is -0.274. The average Bonchev–Trinajstić information content (AvgIpc) is 2.67. The predicted molar refractivity (Wildman–Crippen MR) is 125 cm³/mol. The molecule has 2 rings (SSSR count). The minimum Gasteiger partial charge on any atom is -0.405 e. The molecular formula is C20H33F3IN5O. The number of halogens is 4. The number of alkyl halides is 3. The van der Waals surface area contributed by atoms with Crippen LogP contribution in [0.2, 0.25) is 0 Å². The number of guanidine groups is 1. The van der Waals surface area contributed by atoms with Crippen LogP contribution in [0.5, 0.6) is 5.75 Å². The van der Waals surface area contributed by atoms with Crippen molar-refractivity contribution in [1.82, 2.24) is 20.4 Å². The maximum absolute atomic E-state index is 12.5. The van der Waals surface area contributed by atoms with E-state index >= 15 is 0 Å². The number of benzene rings is 1. The molecule has 1 fully saturated rings. The van der Waals surface area contributed by atoms with Crippen LogP contribution in [0.25, 0.3) is 0 Å². The van der Waals surface area contributed by atoms with E-state index in [4.69, 9.17) is 0 Å². The first-order valence-corrected chi connectivity index (χ1v) is 10.1. The Morgan fingerprint density at radius 2 is 1.80 bits per heavy atom. The number of likely N-dealkylation sites (N-methyl/N-ethyl adjacent to an activating group) is 1. The minimum absolute atomic E-state index is 0. The number of unbranched alkanes of at least 4 members (excludes halogenated alkanes) is 1. The average molecular weight is 543 g/mol. The van der Waals surface area contributed by atoms with Crippen LogP contribution in [-0.2, 0) is 6.54 Å². The summed E-state index contributed by atoms with van der Waals surface area (Å²) in [4.78, 5) is 9.23. The minimum atomic E-state index is -4.72. The van der Waals surface area contributed by atoms with E-state index < -0.39 is 6.36 Å². The maximum atomic E-state index is 12.5. The molecule has 30 heavy (non-hydrogen) atoms. The maximum Gasteiger partial charge on any atom is 0.573 e. The molecule has 0 spiro atoms. The first-order valence-electron chi connectivity index (χ1n) is 10.1. The van der Waals surface area contributed by atoms with Gasteiger partial charge < -0.3 is 25.2 Å². The van der Waals surface area contributed by atoms with E-state index in [-0.39, 0.29) is 36.3 Å². The summed E-state index contributed by atoms with van der Waals surface area (Å²) in [7, 11) is 2.15. The topological polar surface area (TPSA) is 52.1 Å². The number of ether oxygens (including phenoxy) is 1. The van der Waals surface area contributed by atoms with Crippen molar-refractivity contribution in [2.45, 2.75) is 32.7 Å². The number of nitrogens with one attached hydrogen (secondary N) is 2. The van der Waals surface area contributed by atoms with Crippen LogP contribution in [0.3, 0.4) is 0 Å². The molecule has 1 aromatic carbocycles. The molecule has 1 aliphatic heterocycles. The third kappa shape index (κ3) is 10.7. The normalized spacial score (nSPS) is 16.1. The smallest absolute Gasteiger partial charge is 0.405 e. The molecule has 0 aromatic heterocycles. The second kappa shape index (κ2) is 13.9. The van der Waals surface area contributed by atoms with E-state index in [1.165, 1.54) is 12.1 Å². The van der Waals surface area contributed by atoms with Gasteiger partial charge >= 0.3 is 6.36 Å². The third-order valence-electron chi connectivity index (χ3n) is 4.74. The zero-order chi connectivity index (χ0) is 21.1. The summed E-state index contributed by atoms with van der Waals surface area (Å²) in [6.07, 6.45) is -2.62. The number of piperazine rings is 1. The van der Waals surface area contributed by atoms with Crippen molar-refractivity contribution < 1.29 is 17.9 Å². The first-order chi connectivity index (χ1) is 13.9. The molecule has 0 radical (unpaired) electrons. The zero-order valence-electron chi connectivity index (χ0n) is 17.7. The Morgan fingerprint density at radius 3 is 2.47 bits per heavy atom. The van der Waals surface area contributed by atoms with Crippen LogP contribution in [0.15, 0.2) is 29.3 Å². The summed E-state index contributed by atoms with van der Waals surface area (Å²) >= 11 is 0. The SMILES string of the molecule is CCNC(=NCc1ccccc1OC(F)(F)F)NCCCCN1CCN(C)CC1.I. The first kappa shape index (κ1) is 26.8. The lowest BCUT2D eigenvalue weighted by Gasteiger charge is -2.32. The molecule has 6 nitrogen and oxygen atoms in total. The Balaban J connectivity index is 0.00000450. The molecule has 0 aliphatic carbocycles. The van der Waals surface area contributed by atoms with Crippen LogP contribution in [0.1, 0.15) is 25.3 Å². The van der Waals surface area contributed by atoms with Crippen LogP contribution >= 0.6 is 24.0 Å². The predicted octanol–water partition coefficient (Wildman–Crippen LogP) is 3.29. The van der Waals surface area contributed by atoms with Gasteiger partial charge in [0.15, 0.2) is 5.96 Å². The molecule has 172 valence electrons. The van der Waals surface area contributed by atoms with Crippen molar-refractivity contribution in [3.05, 3.63) is 29.8 Å². The number of rotatable bonds is 9. The van der Waals surface area contributed by atoms with Crippen molar-refractivity contribution in [1.29, 1.82) is 0 Å². The Kier molecular flexibility index (Phi) is 12.4. The molecule has 0 atom stereocenters. The van der Waals surface area contributed by atoms with Crippen molar-refractivity contribution in [2.75, 3.05) is 52.9 Å². The van der Waals surface area contributed by atoms with Gasteiger partial charge in [0, 0.05) is 44.8 Å². The summed E-state index contributed by atoms with van der Waals surface area (Å²) in [5.74, 6) is 0.376. The van der Waals surface area contributed by atoms with E-state index in [0.29, 0.717) is 18.1 Å². The van der Waals surface area contributed by atoms with Crippen molar-refractivity contribution >= 4 is 29.9 Å². The standard InChI is InChI=1S/C20H32F3N5O.HI/c1-3-24-19(25-10-6-7-11-28-14-12-27(2)13-15-28)26-16-17-8-4-5-9-18(17)29-20(21,22)23;/h4-5,8-9H,3,6-7,10-16H2,1-2H3,(H2,24,25,26);1H. The fraction of sp³-hybridized carbons (Fsp3) is 0.650. The summed E-state index contributed by atoms with van der Waals surface area (Å²) in [6.45, 7) is 9.05. The number of hydrogen-bond acceptors (Lipinski definition) is 4. The molecule has 0 saturated carbocycles. The lowest BCUT2D eigenvalue weighted by atomic mass is 10.2.